The molecule has 2 atom stereocenters. The minimum atomic E-state index is -3.84. The van der Waals surface area contributed by atoms with Crippen LogP contribution in [0.25, 0.3) is 6.08 Å². The molecule has 1 fully saturated rings. The van der Waals surface area contributed by atoms with Gasteiger partial charge in [0, 0.05) is 22.9 Å². The molecular formula is C20H23ClFN3O3S2. The smallest absolute Gasteiger partial charge is 0.245 e. The third-order valence-electron chi connectivity index (χ3n) is 5.04. The van der Waals surface area contributed by atoms with Gasteiger partial charge in [-0.15, -0.1) is 11.3 Å². The second-order valence-electron chi connectivity index (χ2n) is 7.29. The van der Waals surface area contributed by atoms with E-state index in [4.69, 9.17) is 11.6 Å². The molecule has 0 unspecified atom stereocenters. The number of amides is 1. The van der Waals surface area contributed by atoms with Crippen LogP contribution in [0.2, 0.25) is 4.34 Å². The van der Waals surface area contributed by atoms with Crippen LogP contribution in [-0.2, 0) is 14.8 Å². The van der Waals surface area contributed by atoms with Crippen LogP contribution in [0.1, 0.15) is 29.8 Å². The lowest BCUT2D eigenvalue weighted by Crippen LogP contribution is -2.40. The molecule has 1 aromatic carbocycles. The summed E-state index contributed by atoms with van der Waals surface area (Å²) >= 11 is 7.08. The highest BCUT2D eigenvalue weighted by Crippen LogP contribution is 2.29. The highest BCUT2D eigenvalue weighted by molar-refractivity contribution is 7.92. The van der Waals surface area contributed by atoms with E-state index in [0.29, 0.717) is 9.21 Å². The molecule has 1 aliphatic rings. The maximum absolute atomic E-state index is 14.7. The molecule has 30 heavy (non-hydrogen) atoms. The Morgan fingerprint density at radius 2 is 2.07 bits per heavy atom. The molecule has 0 radical (unpaired) electrons. The predicted molar refractivity (Wildman–Crippen MR) is 120 cm³/mol. The number of sulfonamides is 1. The average Bonchev–Trinajstić information content (AvgIpc) is 3.25. The normalized spacial score (nSPS) is 18.7. The number of thiophene rings is 1. The molecule has 0 aliphatic carbocycles. The number of rotatable bonds is 7. The number of nitrogens with one attached hydrogen (secondary N) is 1. The third kappa shape index (κ3) is 5.28. The van der Waals surface area contributed by atoms with E-state index < -0.39 is 27.8 Å². The summed E-state index contributed by atoms with van der Waals surface area (Å²) in [7, 11) is -0.0409. The summed E-state index contributed by atoms with van der Waals surface area (Å²) in [6.07, 6.45) is 1.67. The number of hydrogen-bond donors (Lipinski definition) is 1. The van der Waals surface area contributed by atoms with Crippen LogP contribution in [0.4, 0.5) is 10.1 Å². The fourth-order valence-corrected chi connectivity index (χ4v) is 5.21. The Bertz CT molecular complexity index is 1070. The first-order valence-electron chi connectivity index (χ1n) is 9.30. The zero-order valence-electron chi connectivity index (χ0n) is 16.8. The zero-order chi connectivity index (χ0) is 22.1. The first-order chi connectivity index (χ1) is 14.1. The van der Waals surface area contributed by atoms with Crippen molar-refractivity contribution in [2.75, 3.05) is 25.5 Å². The van der Waals surface area contributed by atoms with Crippen molar-refractivity contribution in [2.45, 2.75) is 25.4 Å². The minimum absolute atomic E-state index is 0.0207. The highest BCUT2D eigenvalue weighted by Gasteiger charge is 2.36. The molecule has 6 nitrogen and oxygen atoms in total. The van der Waals surface area contributed by atoms with Crippen molar-refractivity contribution in [1.82, 2.24) is 9.62 Å². The van der Waals surface area contributed by atoms with Gasteiger partial charge in [0.1, 0.15) is 11.9 Å². The number of hydrogen-bond acceptors (Lipinski definition) is 5. The Balaban J connectivity index is 1.70. The molecule has 1 aromatic heterocycles. The van der Waals surface area contributed by atoms with Crippen LogP contribution in [0.15, 0.2) is 35.7 Å². The first kappa shape index (κ1) is 22.9. The molecule has 1 aliphatic heterocycles. The fraction of sp³-hybridized carbons (Fsp3) is 0.350. The summed E-state index contributed by atoms with van der Waals surface area (Å²) in [5, 5.41) is 1.00. The van der Waals surface area contributed by atoms with Crippen molar-refractivity contribution in [3.8, 4) is 0 Å². The summed E-state index contributed by atoms with van der Waals surface area (Å²) in [6.45, 7) is 2.19. The summed E-state index contributed by atoms with van der Waals surface area (Å²) < 4.78 is 42.3. The molecule has 1 saturated heterocycles. The Morgan fingerprint density at radius 1 is 1.33 bits per heavy atom. The second-order valence-corrected chi connectivity index (χ2v) is 10.6. The van der Waals surface area contributed by atoms with Gasteiger partial charge in [-0.1, -0.05) is 17.7 Å². The van der Waals surface area contributed by atoms with E-state index in [1.807, 2.05) is 25.9 Å². The van der Waals surface area contributed by atoms with Crippen LogP contribution in [0.3, 0.4) is 0 Å². The van der Waals surface area contributed by atoms with Gasteiger partial charge in [0.15, 0.2) is 0 Å². The minimum Gasteiger partial charge on any atom is -0.308 e. The van der Waals surface area contributed by atoms with E-state index in [9.17, 15) is 17.6 Å². The predicted octanol–water partition coefficient (Wildman–Crippen LogP) is 3.86. The number of anilines is 1. The molecule has 0 bridgehead atoms. The lowest BCUT2D eigenvalue weighted by molar-refractivity contribution is -0.118. The van der Waals surface area contributed by atoms with E-state index >= 15 is 0 Å². The van der Waals surface area contributed by atoms with Crippen molar-refractivity contribution >= 4 is 50.6 Å². The zero-order valence-corrected chi connectivity index (χ0v) is 19.2. The molecule has 10 heteroatoms. The van der Waals surface area contributed by atoms with Crippen molar-refractivity contribution in [1.29, 1.82) is 0 Å². The van der Waals surface area contributed by atoms with Gasteiger partial charge in [0.05, 0.1) is 10.0 Å². The standard InChI is InChI=1S/C20H23ClFN3O3S2/c1-13(24(2)3)14-4-6-18(16(22)12-14)25-10-8-17(20(25)26)23-30(27,28)11-9-15-5-7-19(21)29-15/h4-7,9,11-13,17,23H,8,10H2,1-3H3/t13-,17+/m1/s1. The highest BCUT2D eigenvalue weighted by atomic mass is 35.5. The molecule has 0 spiro atoms. The van der Waals surface area contributed by atoms with Gasteiger partial charge < -0.3 is 9.80 Å². The van der Waals surface area contributed by atoms with Gasteiger partial charge >= 0.3 is 0 Å². The van der Waals surface area contributed by atoms with Crippen molar-refractivity contribution in [3.63, 3.8) is 0 Å². The molecular weight excluding hydrogens is 449 g/mol. The maximum Gasteiger partial charge on any atom is 0.245 e. The first-order valence-corrected chi connectivity index (χ1v) is 12.0. The molecule has 0 saturated carbocycles. The van der Waals surface area contributed by atoms with Crippen LogP contribution >= 0.6 is 22.9 Å². The molecule has 2 heterocycles. The Kier molecular flexibility index (Phi) is 6.98. The van der Waals surface area contributed by atoms with Crippen molar-refractivity contribution in [2.24, 2.45) is 0 Å². The van der Waals surface area contributed by atoms with E-state index in [1.165, 1.54) is 28.4 Å². The fourth-order valence-electron chi connectivity index (χ4n) is 3.14. The Hall–Kier alpha value is -1.78. The SMILES string of the molecule is C[C@H](c1ccc(N2CC[C@H](NS(=O)(=O)C=Cc3ccc(Cl)s3)C2=O)c(F)c1)N(C)C. The summed E-state index contributed by atoms with van der Waals surface area (Å²) in [5.41, 5.74) is 0.948. The number of carbonyl (C=O) groups is 1. The molecule has 2 aromatic rings. The van der Waals surface area contributed by atoms with Crippen molar-refractivity contribution < 1.29 is 17.6 Å². The number of benzene rings is 1. The monoisotopic (exact) mass is 471 g/mol. The van der Waals surface area contributed by atoms with Gasteiger partial charge in [-0.05, 0) is 63.3 Å². The topological polar surface area (TPSA) is 69.7 Å². The van der Waals surface area contributed by atoms with E-state index in [0.717, 1.165) is 11.0 Å². The maximum atomic E-state index is 14.7. The molecule has 162 valence electrons. The number of nitrogens with zero attached hydrogens (tertiary/aromatic N) is 2. The number of carbonyl (C=O) groups excluding carboxylic acids is 1. The van der Waals surface area contributed by atoms with Gasteiger partial charge in [-0.2, -0.15) is 4.72 Å². The van der Waals surface area contributed by atoms with Crippen LogP contribution in [-0.4, -0.2) is 45.9 Å². The van der Waals surface area contributed by atoms with Gasteiger partial charge in [-0.25, -0.2) is 12.8 Å². The Labute approximate surface area is 185 Å². The lowest BCUT2D eigenvalue weighted by atomic mass is 10.1. The summed E-state index contributed by atoms with van der Waals surface area (Å²) in [6, 6.07) is 7.22. The van der Waals surface area contributed by atoms with Crippen LogP contribution in [0.5, 0.6) is 0 Å². The van der Waals surface area contributed by atoms with E-state index in [1.54, 1.807) is 24.3 Å². The average molecular weight is 472 g/mol. The second kappa shape index (κ2) is 9.15. The quantitative estimate of drug-likeness (QED) is 0.665. The summed E-state index contributed by atoms with van der Waals surface area (Å²) in [5.74, 6) is -0.981. The summed E-state index contributed by atoms with van der Waals surface area (Å²) in [4.78, 5) is 16.6. The molecule has 1 amide bonds. The van der Waals surface area contributed by atoms with Gasteiger partial charge in [-0.3, -0.25) is 4.79 Å². The largest absolute Gasteiger partial charge is 0.308 e. The van der Waals surface area contributed by atoms with Crippen LogP contribution in [0, 0.1) is 5.82 Å². The van der Waals surface area contributed by atoms with Crippen LogP contribution < -0.4 is 9.62 Å². The van der Waals surface area contributed by atoms with Crippen molar-refractivity contribution in [3.05, 3.63) is 56.3 Å². The van der Waals surface area contributed by atoms with E-state index in [2.05, 4.69) is 4.72 Å². The molecule has 3 rings (SSSR count). The lowest BCUT2D eigenvalue weighted by Gasteiger charge is -2.22. The third-order valence-corrected chi connectivity index (χ3v) is 7.34. The van der Waals surface area contributed by atoms with Gasteiger partial charge in [0.25, 0.3) is 0 Å². The van der Waals surface area contributed by atoms with E-state index in [-0.39, 0.29) is 24.7 Å². The molecule has 1 N–H and O–H groups in total. The number of halogens is 2. The Morgan fingerprint density at radius 3 is 2.67 bits per heavy atom. The van der Waals surface area contributed by atoms with Gasteiger partial charge in [0.2, 0.25) is 15.9 Å².